The van der Waals surface area contributed by atoms with Gasteiger partial charge < -0.3 is 4.55 Å². The molecule has 0 aromatic carbocycles. The molecule has 0 saturated heterocycles. The maximum absolute atomic E-state index is 8.63. The summed E-state index contributed by atoms with van der Waals surface area (Å²) in [6.07, 6.45) is 0. The first kappa shape index (κ1) is 16.0. The normalized spacial score (nSPS) is 8.29. The van der Waals surface area contributed by atoms with Crippen LogP contribution in [0.4, 0.5) is 0 Å². The molecule has 7 heavy (non-hydrogen) atoms. The Morgan fingerprint density at radius 3 is 1.43 bits per heavy atom. The molecule has 0 saturated carbocycles. The molecule has 0 radical (unpaired) electrons. The van der Waals surface area contributed by atoms with E-state index in [1.165, 1.54) is 0 Å². The van der Waals surface area contributed by atoms with E-state index in [2.05, 4.69) is 0 Å². The molecule has 0 heterocycles. The van der Waals surface area contributed by atoms with Gasteiger partial charge in [-0.05, 0) is 0 Å². The summed E-state index contributed by atoms with van der Waals surface area (Å²) in [6.45, 7) is 0. The van der Waals surface area contributed by atoms with E-state index < -0.39 is 10.4 Å². The predicted molar refractivity (Wildman–Crippen MR) is 20.9 cm³/mol. The molecular weight excluding hydrogens is 214 g/mol. The van der Waals surface area contributed by atoms with E-state index in [-0.39, 0.29) is 68.5 Å². The van der Waals surface area contributed by atoms with Gasteiger partial charge in [-0.25, -0.2) is 8.42 Å². The quantitative estimate of drug-likeness (QED) is 0.250. The van der Waals surface area contributed by atoms with Crippen LogP contribution in [0.3, 0.4) is 0 Å². The Kier molecular flexibility index (Phi) is 14.1. The van der Waals surface area contributed by atoms with Crippen LogP contribution < -0.4 is 51.4 Å². The second-order valence-corrected chi connectivity index (χ2v) is 1.28. The Morgan fingerprint density at radius 1 is 1.43 bits per heavy atom. The summed E-state index contributed by atoms with van der Waals surface area (Å²) >= 11 is 0. The Labute approximate surface area is 94.5 Å². The van der Waals surface area contributed by atoms with Gasteiger partial charge in [0.05, 0.1) is 0 Å². The second kappa shape index (κ2) is 6.15. The Hall–Kier alpha value is 2.03. The summed E-state index contributed by atoms with van der Waals surface area (Å²) in [5.41, 5.74) is 0. The monoisotopic (exact) mass is 218 g/mol. The van der Waals surface area contributed by atoms with E-state index in [9.17, 15) is 0 Å². The summed E-state index contributed by atoms with van der Waals surface area (Å²) < 4.78 is 32.8. The molecule has 0 unspecified atom stereocenters. The fraction of sp³-hybridized carbons (Fsp3) is 0. The Balaban J connectivity index is -0.0000000800. The summed E-state index contributed by atoms with van der Waals surface area (Å²) in [4.78, 5) is 0. The minimum atomic E-state index is -4.92. The van der Waals surface area contributed by atoms with Crippen molar-refractivity contribution in [3.8, 4) is 0 Å². The van der Waals surface area contributed by atoms with Crippen molar-refractivity contribution in [2.24, 2.45) is 0 Å². The summed E-state index contributed by atoms with van der Waals surface area (Å²) in [7, 11) is -4.92. The Morgan fingerprint density at radius 2 is 1.43 bits per heavy atom. The van der Waals surface area contributed by atoms with Gasteiger partial charge in [-0.1, -0.05) is 0 Å². The Bertz CT molecular complexity index is 94.9. The van der Waals surface area contributed by atoms with Crippen molar-refractivity contribution < 1.29 is 68.9 Å². The van der Waals surface area contributed by atoms with Gasteiger partial charge in [0.1, 0.15) is 0 Å². The fourth-order valence-corrected chi connectivity index (χ4v) is 0. The van der Waals surface area contributed by atoms with Crippen molar-refractivity contribution in [3.63, 3.8) is 0 Å². The third-order valence-corrected chi connectivity index (χ3v) is 0. The predicted octanol–water partition coefficient (Wildman–Crippen LogP) is -4.91. The van der Waals surface area contributed by atoms with Crippen molar-refractivity contribution in [3.05, 3.63) is 0 Å². The van der Waals surface area contributed by atoms with Crippen LogP contribution in [0.15, 0.2) is 0 Å². The van der Waals surface area contributed by atoms with Crippen molar-refractivity contribution in [2.75, 3.05) is 0 Å². The molecule has 0 aromatic rings. The van der Waals surface area contributed by atoms with E-state index in [0.717, 1.165) is 0 Å². The summed E-state index contributed by atoms with van der Waals surface area (Å²) in [5, 5.41) is 0. The van der Waals surface area contributed by atoms with Gasteiger partial charge >= 0.3 is 68.5 Å². The molecule has 0 bridgehead atoms. The molecule has 4 nitrogen and oxygen atoms in total. The topological polar surface area (TPSA) is 77.4 Å². The van der Waals surface area contributed by atoms with E-state index in [1.54, 1.807) is 0 Å². The van der Waals surface area contributed by atoms with E-state index in [1.807, 2.05) is 0 Å². The molecule has 40 valence electrons. The van der Waals surface area contributed by atoms with Gasteiger partial charge in [-0.3, -0.25) is 4.55 Å². The van der Waals surface area contributed by atoms with Gasteiger partial charge in [0, 0.05) is 0 Å². The zero-order valence-corrected chi connectivity index (χ0v) is 9.62. The van der Waals surface area contributed by atoms with Crippen molar-refractivity contribution >= 4 is 27.5 Å². The number of rotatable bonds is 0. The fourth-order valence-electron chi connectivity index (χ4n) is 0. The molecule has 0 aliphatic heterocycles. The van der Waals surface area contributed by atoms with Gasteiger partial charge in [0.25, 0.3) is 0 Å². The second-order valence-electron chi connectivity index (χ2n) is 0.428. The molecule has 0 aliphatic carbocycles. The molecule has 0 fully saturated rings. The third-order valence-electron chi connectivity index (χ3n) is 0. The maximum atomic E-state index is 8.63. The molecule has 0 rings (SSSR count). The first-order chi connectivity index (χ1) is 2.00. The van der Waals surface area contributed by atoms with E-state index in [4.69, 9.17) is 17.5 Å². The standard InChI is InChI=1S/K.H2O4S.H2Se/c;1-5(2,3)4;/h;(H2,1,2,3,4);1H2/q+1;;/p-1. The van der Waals surface area contributed by atoms with Crippen LogP contribution in [0.1, 0.15) is 0 Å². The minimum absolute atomic E-state index is 0. The molecule has 0 atom stereocenters. The number of hydrogen-bond acceptors (Lipinski definition) is 3. The van der Waals surface area contributed by atoms with Crippen LogP contribution >= 0.6 is 0 Å². The van der Waals surface area contributed by atoms with E-state index >= 15 is 0 Å². The molecule has 0 amide bonds. The van der Waals surface area contributed by atoms with Crippen LogP contribution in [0.5, 0.6) is 0 Å². The average molecular weight is 217 g/mol. The van der Waals surface area contributed by atoms with Gasteiger partial charge in [0.2, 0.25) is 10.4 Å². The van der Waals surface area contributed by atoms with Crippen molar-refractivity contribution in [2.45, 2.75) is 0 Å². The first-order valence-electron chi connectivity index (χ1n) is 0.683. The molecule has 0 aromatic heterocycles. The summed E-state index contributed by atoms with van der Waals surface area (Å²) in [6, 6.07) is 0. The van der Waals surface area contributed by atoms with Gasteiger partial charge in [0.15, 0.2) is 0 Å². The average Bonchev–Trinajstić information content (AvgIpc) is 0.722. The van der Waals surface area contributed by atoms with Crippen molar-refractivity contribution in [1.29, 1.82) is 0 Å². The van der Waals surface area contributed by atoms with E-state index in [0.29, 0.717) is 0 Å². The van der Waals surface area contributed by atoms with Crippen LogP contribution in [-0.4, -0.2) is 34.6 Å². The van der Waals surface area contributed by atoms with Crippen LogP contribution in [0, 0.1) is 0 Å². The van der Waals surface area contributed by atoms with Crippen LogP contribution in [0.2, 0.25) is 0 Å². The molecule has 1 N–H and O–H groups in total. The van der Waals surface area contributed by atoms with Crippen LogP contribution in [-0.2, 0) is 10.4 Å². The number of hydrogen-bond donors (Lipinski definition) is 1. The van der Waals surface area contributed by atoms with Gasteiger partial charge in [-0.15, -0.1) is 0 Å². The zero-order chi connectivity index (χ0) is 4.50. The van der Waals surface area contributed by atoms with Crippen LogP contribution in [0.25, 0.3) is 0 Å². The zero-order valence-electron chi connectivity index (χ0n) is 3.58. The first-order valence-corrected chi connectivity index (χ1v) is 2.05. The molecule has 7 heteroatoms. The van der Waals surface area contributed by atoms with Crippen molar-refractivity contribution in [1.82, 2.24) is 0 Å². The van der Waals surface area contributed by atoms with Gasteiger partial charge in [-0.2, -0.15) is 0 Å². The SMILES string of the molecule is O=S(=O)([O-])O.[K+].[SeH2]. The summed E-state index contributed by atoms with van der Waals surface area (Å²) in [5.74, 6) is 0. The third kappa shape index (κ3) is 71.0. The molecular formula is H3KO4SSe. The molecule has 0 spiro atoms. The molecule has 0 aliphatic rings.